The Morgan fingerprint density at radius 2 is 1.93 bits per heavy atom. The lowest BCUT2D eigenvalue weighted by Crippen LogP contribution is -2.37. The largest absolute Gasteiger partial charge is 0.378 e. The van der Waals surface area contributed by atoms with E-state index in [1.807, 2.05) is 42.3 Å². The van der Waals surface area contributed by atoms with Crippen LogP contribution in [0.5, 0.6) is 0 Å². The Morgan fingerprint density at radius 3 is 2.73 bits per heavy atom. The molecule has 30 heavy (non-hydrogen) atoms. The number of benzene rings is 2. The summed E-state index contributed by atoms with van der Waals surface area (Å²) >= 11 is 1.61. The van der Waals surface area contributed by atoms with E-state index in [0.29, 0.717) is 12.3 Å². The number of hydrogen-bond acceptors (Lipinski definition) is 5. The summed E-state index contributed by atoms with van der Waals surface area (Å²) in [4.78, 5) is 25.0. The SMILES string of the molecule is CC(SCC(=O)N(C)Cc1ccccc1N1CCOCC1)c1nc2ccccc2[nH]1. The van der Waals surface area contributed by atoms with Gasteiger partial charge >= 0.3 is 0 Å². The van der Waals surface area contributed by atoms with E-state index in [2.05, 4.69) is 40.0 Å². The van der Waals surface area contributed by atoms with Crippen LogP contribution >= 0.6 is 11.8 Å². The molecule has 1 amide bonds. The molecule has 7 heteroatoms. The molecular weight excluding hydrogens is 396 g/mol. The molecule has 0 aliphatic carbocycles. The summed E-state index contributed by atoms with van der Waals surface area (Å²) in [6.45, 7) is 5.97. The molecule has 158 valence electrons. The molecule has 0 spiro atoms. The van der Waals surface area contributed by atoms with Gasteiger partial charge in [-0.15, -0.1) is 11.8 Å². The summed E-state index contributed by atoms with van der Waals surface area (Å²) < 4.78 is 5.47. The first-order valence-corrected chi connectivity index (χ1v) is 11.4. The fourth-order valence-electron chi connectivity index (χ4n) is 3.65. The number of para-hydroxylation sites is 3. The van der Waals surface area contributed by atoms with Gasteiger partial charge < -0.3 is 19.5 Å². The highest BCUT2D eigenvalue weighted by atomic mass is 32.2. The number of ether oxygens (including phenoxy) is 1. The number of anilines is 1. The van der Waals surface area contributed by atoms with Crippen molar-refractivity contribution in [1.82, 2.24) is 14.9 Å². The summed E-state index contributed by atoms with van der Waals surface area (Å²) in [5.41, 5.74) is 4.36. The summed E-state index contributed by atoms with van der Waals surface area (Å²) in [7, 11) is 1.88. The smallest absolute Gasteiger partial charge is 0.232 e. The number of carbonyl (C=O) groups excluding carboxylic acids is 1. The summed E-state index contributed by atoms with van der Waals surface area (Å²) in [6, 6.07) is 16.3. The molecule has 1 aromatic heterocycles. The van der Waals surface area contributed by atoms with Gasteiger partial charge in [-0.05, 0) is 30.7 Å². The van der Waals surface area contributed by atoms with Crippen LogP contribution in [0.1, 0.15) is 23.6 Å². The molecule has 1 aliphatic rings. The second-order valence-electron chi connectivity index (χ2n) is 7.57. The first-order valence-electron chi connectivity index (χ1n) is 10.3. The van der Waals surface area contributed by atoms with Gasteiger partial charge in [0.1, 0.15) is 5.82 Å². The molecule has 0 bridgehead atoms. The Morgan fingerprint density at radius 1 is 1.20 bits per heavy atom. The molecule has 3 aromatic rings. The number of rotatable bonds is 7. The topological polar surface area (TPSA) is 61.5 Å². The van der Waals surface area contributed by atoms with Crippen LogP contribution in [0.2, 0.25) is 0 Å². The van der Waals surface area contributed by atoms with Crippen molar-refractivity contribution in [1.29, 1.82) is 0 Å². The van der Waals surface area contributed by atoms with Gasteiger partial charge in [0.2, 0.25) is 5.91 Å². The van der Waals surface area contributed by atoms with Crippen LogP contribution in [0.4, 0.5) is 5.69 Å². The monoisotopic (exact) mass is 424 g/mol. The molecule has 6 nitrogen and oxygen atoms in total. The van der Waals surface area contributed by atoms with Gasteiger partial charge in [-0.1, -0.05) is 30.3 Å². The van der Waals surface area contributed by atoms with Crippen LogP contribution in [0.3, 0.4) is 0 Å². The van der Waals surface area contributed by atoms with E-state index in [1.54, 1.807) is 11.8 Å². The third-order valence-corrected chi connectivity index (χ3v) is 6.56. The number of H-pyrrole nitrogens is 1. The van der Waals surface area contributed by atoms with Crippen molar-refractivity contribution in [2.75, 3.05) is 44.0 Å². The molecular formula is C23H28N4O2S. The van der Waals surface area contributed by atoms with Gasteiger partial charge in [-0.25, -0.2) is 4.98 Å². The van der Waals surface area contributed by atoms with Gasteiger partial charge in [0.15, 0.2) is 0 Å². The number of nitrogens with one attached hydrogen (secondary N) is 1. The second-order valence-corrected chi connectivity index (χ2v) is 8.90. The molecule has 1 N–H and O–H groups in total. The number of amides is 1. The third kappa shape index (κ3) is 4.79. The van der Waals surface area contributed by atoms with E-state index >= 15 is 0 Å². The van der Waals surface area contributed by atoms with Gasteiger partial charge in [0.25, 0.3) is 0 Å². The van der Waals surface area contributed by atoms with E-state index in [-0.39, 0.29) is 11.2 Å². The number of carbonyl (C=O) groups is 1. The van der Waals surface area contributed by atoms with E-state index in [0.717, 1.165) is 43.2 Å². The number of morpholine rings is 1. The fraction of sp³-hybridized carbons (Fsp3) is 0.391. The maximum atomic E-state index is 12.8. The van der Waals surface area contributed by atoms with Crippen LogP contribution in [0.25, 0.3) is 11.0 Å². The molecule has 0 radical (unpaired) electrons. The normalized spacial score (nSPS) is 15.3. The van der Waals surface area contributed by atoms with Crippen LogP contribution < -0.4 is 4.90 Å². The van der Waals surface area contributed by atoms with Crippen LogP contribution in [-0.2, 0) is 16.1 Å². The zero-order valence-corrected chi connectivity index (χ0v) is 18.3. The maximum absolute atomic E-state index is 12.8. The zero-order chi connectivity index (χ0) is 20.9. The minimum atomic E-state index is 0.121. The Balaban J connectivity index is 1.35. The van der Waals surface area contributed by atoms with Crippen molar-refractivity contribution in [2.45, 2.75) is 18.7 Å². The van der Waals surface area contributed by atoms with Crippen molar-refractivity contribution in [3.63, 3.8) is 0 Å². The average molecular weight is 425 g/mol. The van der Waals surface area contributed by atoms with Crippen molar-refractivity contribution in [2.24, 2.45) is 0 Å². The van der Waals surface area contributed by atoms with E-state index in [4.69, 9.17) is 4.74 Å². The van der Waals surface area contributed by atoms with E-state index in [9.17, 15) is 4.79 Å². The summed E-state index contributed by atoms with van der Waals surface area (Å²) in [5.74, 6) is 1.46. The Labute approximate surface area is 181 Å². The molecule has 1 atom stereocenters. The van der Waals surface area contributed by atoms with Crippen molar-refractivity contribution in [3.8, 4) is 0 Å². The van der Waals surface area contributed by atoms with Crippen molar-refractivity contribution in [3.05, 3.63) is 59.9 Å². The molecule has 1 fully saturated rings. The van der Waals surface area contributed by atoms with Crippen LogP contribution in [0, 0.1) is 0 Å². The lowest BCUT2D eigenvalue weighted by atomic mass is 10.1. The third-order valence-electron chi connectivity index (χ3n) is 5.43. The van der Waals surface area contributed by atoms with Crippen molar-refractivity contribution >= 4 is 34.4 Å². The van der Waals surface area contributed by atoms with E-state index in [1.165, 1.54) is 11.3 Å². The van der Waals surface area contributed by atoms with Gasteiger partial charge in [-0.3, -0.25) is 4.79 Å². The highest BCUT2D eigenvalue weighted by molar-refractivity contribution is 8.00. The minimum absolute atomic E-state index is 0.121. The average Bonchev–Trinajstić information content (AvgIpc) is 3.22. The highest BCUT2D eigenvalue weighted by Crippen LogP contribution is 2.28. The van der Waals surface area contributed by atoms with Crippen LogP contribution in [0.15, 0.2) is 48.5 Å². The molecule has 2 heterocycles. The molecule has 4 rings (SSSR count). The molecule has 1 saturated heterocycles. The number of fused-ring (bicyclic) bond motifs is 1. The lowest BCUT2D eigenvalue weighted by molar-refractivity contribution is -0.127. The number of nitrogens with zero attached hydrogens (tertiary/aromatic N) is 3. The van der Waals surface area contributed by atoms with Crippen molar-refractivity contribution < 1.29 is 9.53 Å². The summed E-state index contributed by atoms with van der Waals surface area (Å²) in [5, 5.41) is 0.121. The zero-order valence-electron chi connectivity index (χ0n) is 17.5. The number of imidazole rings is 1. The molecule has 0 saturated carbocycles. The Kier molecular flexibility index (Phi) is 6.59. The Hall–Kier alpha value is -2.51. The quantitative estimate of drug-likeness (QED) is 0.624. The first-order chi connectivity index (χ1) is 14.6. The molecule has 1 aliphatic heterocycles. The predicted molar refractivity (Wildman–Crippen MR) is 123 cm³/mol. The maximum Gasteiger partial charge on any atom is 0.232 e. The summed E-state index contributed by atoms with van der Waals surface area (Å²) in [6.07, 6.45) is 0. The van der Waals surface area contributed by atoms with Gasteiger partial charge in [0, 0.05) is 32.4 Å². The number of hydrogen-bond donors (Lipinski definition) is 1. The number of aromatic nitrogens is 2. The van der Waals surface area contributed by atoms with E-state index < -0.39 is 0 Å². The van der Waals surface area contributed by atoms with Crippen LogP contribution in [-0.4, -0.2) is 59.9 Å². The number of thioether (sulfide) groups is 1. The minimum Gasteiger partial charge on any atom is -0.378 e. The molecule has 1 unspecified atom stereocenters. The standard InChI is InChI=1S/C23H28N4O2S/c1-17(23-24-19-8-4-5-9-20(19)25-23)30-16-22(28)26(2)15-18-7-3-6-10-21(18)27-11-13-29-14-12-27/h3-10,17H,11-16H2,1-2H3,(H,24,25). The second kappa shape index (κ2) is 9.53. The highest BCUT2D eigenvalue weighted by Gasteiger charge is 2.19. The molecule has 2 aromatic carbocycles. The first kappa shape index (κ1) is 20.8. The van der Waals surface area contributed by atoms with Gasteiger partial charge in [0.05, 0.1) is 35.2 Å². The van der Waals surface area contributed by atoms with Gasteiger partial charge in [-0.2, -0.15) is 0 Å². The lowest BCUT2D eigenvalue weighted by Gasteiger charge is -2.31. The fourth-order valence-corrected chi connectivity index (χ4v) is 4.53. The predicted octanol–water partition coefficient (Wildman–Crippen LogP) is 3.85. The Bertz CT molecular complexity index is 967. The number of aromatic amines is 1.